The van der Waals surface area contributed by atoms with E-state index in [9.17, 15) is 56.6 Å². The number of hydrogen-bond acceptors (Lipinski definition) is 20. The molecule has 2 N–H and O–H groups in total. The molecule has 2 aromatic rings. The van der Waals surface area contributed by atoms with Crippen molar-refractivity contribution in [3.63, 3.8) is 0 Å². The molecular formula is C42H48F3NO19S. The summed E-state index contributed by atoms with van der Waals surface area (Å²) in [6.07, 6.45) is -22.1. The fraction of sp³-hybridized carbons (Fsp3) is 0.524. The molecule has 0 aromatic heterocycles. The second-order valence-corrected chi connectivity index (χ2v) is 15.8. The molecule has 2 aliphatic heterocycles. The third kappa shape index (κ3) is 14.1. The van der Waals surface area contributed by atoms with Crippen LogP contribution >= 0.6 is 11.8 Å². The summed E-state index contributed by atoms with van der Waals surface area (Å²) in [6.45, 7) is 3.26. The molecule has 24 heteroatoms. The molecule has 0 saturated carbocycles. The molecule has 0 radical (unpaired) electrons. The Bertz CT molecular complexity index is 2040. The monoisotopic (exact) mass is 959 g/mol. The minimum Gasteiger partial charge on any atom is -0.465 e. The van der Waals surface area contributed by atoms with Crippen LogP contribution in [0.15, 0.2) is 60.7 Å². The van der Waals surface area contributed by atoms with E-state index in [1.165, 1.54) is 24.3 Å². The number of rotatable bonds is 18. The van der Waals surface area contributed by atoms with Gasteiger partial charge in [-0.15, -0.1) is 11.8 Å². The van der Waals surface area contributed by atoms with Gasteiger partial charge in [0, 0.05) is 27.7 Å². The average molecular weight is 960 g/mol. The van der Waals surface area contributed by atoms with Gasteiger partial charge in [0.25, 0.3) is 5.79 Å². The lowest BCUT2D eigenvalue weighted by Crippen LogP contribution is -2.70. The second kappa shape index (κ2) is 23.6. The molecule has 2 saturated heterocycles. The number of amides is 1. The highest BCUT2D eigenvalue weighted by molar-refractivity contribution is 7.99. The molecule has 0 bridgehead atoms. The van der Waals surface area contributed by atoms with Crippen molar-refractivity contribution in [1.82, 2.24) is 5.32 Å². The molecule has 2 aliphatic rings. The molecule has 0 unspecified atom stereocenters. The fourth-order valence-electron chi connectivity index (χ4n) is 6.88. The molecular weight excluding hydrogens is 912 g/mol. The Morgan fingerprint density at radius 2 is 1.38 bits per heavy atom. The lowest BCUT2D eigenvalue weighted by atomic mass is 9.87. The van der Waals surface area contributed by atoms with Gasteiger partial charge in [-0.2, -0.15) is 13.2 Å². The molecule has 66 heavy (non-hydrogen) atoms. The van der Waals surface area contributed by atoms with Crippen molar-refractivity contribution in [3.8, 4) is 0 Å². The molecule has 4 rings (SSSR count). The van der Waals surface area contributed by atoms with Gasteiger partial charge >= 0.3 is 53.9 Å². The minimum atomic E-state index is -5.60. The van der Waals surface area contributed by atoms with Gasteiger partial charge in [-0.05, 0) is 30.0 Å². The van der Waals surface area contributed by atoms with Gasteiger partial charge in [0.1, 0.15) is 36.5 Å². The summed E-state index contributed by atoms with van der Waals surface area (Å²) in [7, 11) is 0.834. The number of halogens is 3. The molecule has 362 valence electrons. The predicted octanol–water partition coefficient (Wildman–Crippen LogP) is 2.36. The summed E-state index contributed by atoms with van der Waals surface area (Å²) in [5, 5.41) is 13.6. The normalized spacial score (nSPS) is 26.0. The Hall–Kier alpha value is -5.82. The first kappa shape index (κ1) is 52.8. The van der Waals surface area contributed by atoms with Gasteiger partial charge in [0.2, 0.25) is 0 Å². The van der Waals surface area contributed by atoms with Crippen molar-refractivity contribution in [2.45, 2.75) is 113 Å². The lowest BCUT2D eigenvalue weighted by Gasteiger charge is -2.49. The van der Waals surface area contributed by atoms with E-state index in [1.54, 1.807) is 48.6 Å². The number of esters is 7. The van der Waals surface area contributed by atoms with Gasteiger partial charge in [-0.25, -0.2) is 14.4 Å². The largest absolute Gasteiger partial charge is 0.471 e. The van der Waals surface area contributed by atoms with Crippen LogP contribution in [0.3, 0.4) is 0 Å². The number of benzene rings is 2. The number of hydrogen-bond donors (Lipinski definition) is 2. The third-order valence-electron chi connectivity index (χ3n) is 9.62. The highest BCUT2D eigenvalue weighted by Crippen LogP contribution is 2.39. The number of carbonyl (C=O) groups is 8. The minimum absolute atomic E-state index is 0.0369. The number of aliphatic hydroxyl groups is 1. The van der Waals surface area contributed by atoms with Crippen LogP contribution in [0.2, 0.25) is 0 Å². The van der Waals surface area contributed by atoms with E-state index in [0.29, 0.717) is 0 Å². The maximum atomic E-state index is 14.0. The smallest absolute Gasteiger partial charge is 0.465 e. The van der Waals surface area contributed by atoms with Crippen LogP contribution in [0, 0.1) is 0 Å². The number of ether oxygens (including phenoxy) is 10. The molecule has 0 spiro atoms. The highest BCUT2D eigenvalue weighted by atomic mass is 32.2. The number of alkyl halides is 3. The summed E-state index contributed by atoms with van der Waals surface area (Å²) in [4.78, 5) is 103. The topological polar surface area (TPSA) is 261 Å². The van der Waals surface area contributed by atoms with Crippen LogP contribution in [-0.2, 0) is 76.1 Å². The highest BCUT2D eigenvalue weighted by Gasteiger charge is 2.61. The predicted molar refractivity (Wildman–Crippen MR) is 216 cm³/mol. The Labute approximate surface area is 379 Å². The number of aliphatic hydroxyl groups excluding tert-OH is 1. The van der Waals surface area contributed by atoms with E-state index in [-0.39, 0.29) is 16.9 Å². The van der Waals surface area contributed by atoms with E-state index in [4.69, 9.17) is 47.4 Å². The van der Waals surface area contributed by atoms with E-state index in [1.807, 2.05) is 0 Å². The van der Waals surface area contributed by atoms with Gasteiger partial charge in [-0.1, -0.05) is 43.3 Å². The maximum absolute atomic E-state index is 14.0. The average Bonchev–Trinajstić information content (AvgIpc) is 3.26. The van der Waals surface area contributed by atoms with Gasteiger partial charge in [0.15, 0.2) is 24.4 Å². The van der Waals surface area contributed by atoms with Crippen LogP contribution in [0.25, 0.3) is 0 Å². The van der Waals surface area contributed by atoms with Crippen molar-refractivity contribution in [3.05, 3.63) is 71.8 Å². The van der Waals surface area contributed by atoms with Crippen LogP contribution in [0.5, 0.6) is 0 Å². The molecule has 2 heterocycles. The molecule has 20 nitrogen and oxygen atoms in total. The van der Waals surface area contributed by atoms with Crippen LogP contribution in [0.1, 0.15) is 61.8 Å². The van der Waals surface area contributed by atoms with E-state index >= 15 is 0 Å². The van der Waals surface area contributed by atoms with Gasteiger partial charge < -0.3 is 57.8 Å². The lowest BCUT2D eigenvalue weighted by molar-refractivity contribution is -0.324. The summed E-state index contributed by atoms with van der Waals surface area (Å²) in [6, 6.07) is 13.0. The molecule has 1 amide bonds. The zero-order chi connectivity index (χ0) is 48.9. The second-order valence-electron chi connectivity index (χ2n) is 14.5. The van der Waals surface area contributed by atoms with E-state index in [2.05, 4.69) is 0 Å². The van der Waals surface area contributed by atoms with Crippen molar-refractivity contribution in [2.24, 2.45) is 0 Å². The standard InChI is InChI=1S/C42H48F3NO19S/c1-7-66-38-35(64-37(53)26-16-12-9-13-17-26)34(63-36(52)25-14-10-8-11-15-25)31(51)28(62-38)20-58-41(40(55)56-6)18-27(59-22(3)48)30(46-39(54)42(43,44)45)33(65-41)32(61-24(5)50)29(60-23(4)49)19-57-21(2)47/h8-17,27-35,38,51H,7,18-20H2,1-6H3,(H,46,54)/t27-,28+,29+,30+,31-,32-,33+,34-,35+,38-,41+/m0/s1. The number of nitrogens with one attached hydrogen (secondary N) is 1. The van der Waals surface area contributed by atoms with Crippen LogP contribution in [0.4, 0.5) is 13.2 Å². The van der Waals surface area contributed by atoms with Crippen molar-refractivity contribution in [2.75, 3.05) is 26.1 Å². The van der Waals surface area contributed by atoms with Crippen molar-refractivity contribution >= 4 is 59.5 Å². The number of methoxy groups -OCH3 is 1. The van der Waals surface area contributed by atoms with Gasteiger partial charge in [-0.3, -0.25) is 24.0 Å². The fourth-order valence-corrected chi connectivity index (χ4v) is 7.83. The molecule has 11 atom stereocenters. The summed E-state index contributed by atoms with van der Waals surface area (Å²) >= 11 is 1.05. The van der Waals surface area contributed by atoms with Crippen LogP contribution < -0.4 is 5.32 Å². The first-order valence-corrected chi connectivity index (χ1v) is 21.1. The quantitative estimate of drug-likeness (QED) is 0.160. The Morgan fingerprint density at radius 3 is 1.86 bits per heavy atom. The first-order valence-electron chi connectivity index (χ1n) is 20.0. The van der Waals surface area contributed by atoms with E-state index in [0.717, 1.165) is 46.6 Å². The molecule has 0 aliphatic carbocycles. The summed E-state index contributed by atoms with van der Waals surface area (Å²) < 4.78 is 97.6. The zero-order valence-electron chi connectivity index (χ0n) is 36.2. The Balaban J connectivity index is 1.84. The summed E-state index contributed by atoms with van der Waals surface area (Å²) in [5.41, 5.74) is -1.11. The van der Waals surface area contributed by atoms with Gasteiger partial charge in [0.05, 0.1) is 37.3 Å². The summed E-state index contributed by atoms with van der Waals surface area (Å²) in [5.74, 6) is -13.1. The zero-order valence-corrected chi connectivity index (χ0v) is 37.0. The molecule has 2 fully saturated rings. The third-order valence-corrected chi connectivity index (χ3v) is 10.7. The van der Waals surface area contributed by atoms with Crippen molar-refractivity contribution in [1.29, 1.82) is 0 Å². The van der Waals surface area contributed by atoms with Crippen LogP contribution in [-0.4, -0.2) is 151 Å². The van der Waals surface area contributed by atoms with E-state index < -0.39 is 140 Å². The Kier molecular flexibility index (Phi) is 18.9. The SMILES string of the molecule is CCS[C@@H]1O[C@H](CO[C@]2(C(=O)OC)C[C@H](OC(C)=O)[C@@H](NC(=O)C(F)(F)F)[C@H]([C@@H](OC(C)=O)[C@@H](COC(C)=O)OC(C)=O)O2)[C@H](O)[C@H](OC(=O)c2ccccc2)[C@H]1OC(=O)c1ccccc1. The molecule has 2 aromatic carbocycles. The van der Waals surface area contributed by atoms with Crippen molar-refractivity contribution < 1.29 is 104 Å². The maximum Gasteiger partial charge on any atom is 0.471 e. The first-order chi connectivity index (χ1) is 31.1. The Morgan fingerprint density at radius 1 is 0.818 bits per heavy atom. The number of carbonyl (C=O) groups excluding carboxylic acids is 8. The number of thioether (sulfide) groups is 1.